The molecule has 0 aliphatic carbocycles. The van der Waals surface area contributed by atoms with E-state index in [1.165, 1.54) is 30.0 Å². The van der Waals surface area contributed by atoms with Crippen LogP contribution in [0.2, 0.25) is 0 Å². The molecule has 144 valence electrons. The highest BCUT2D eigenvalue weighted by Crippen LogP contribution is 2.27. The number of nitrogens with one attached hydrogen (secondary N) is 2. The van der Waals surface area contributed by atoms with E-state index in [1.807, 2.05) is 6.07 Å². The minimum absolute atomic E-state index is 0.0313. The first-order valence-electron chi connectivity index (χ1n) is 8.49. The number of carbonyl (C=O) groups is 2. The molecule has 0 saturated carbocycles. The van der Waals surface area contributed by atoms with Crippen LogP contribution in [0, 0.1) is 12.7 Å². The van der Waals surface area contributed by atoms with E-state index in [1.54, 1.807) is 44.2 Å². The normalized spacial score (nSPS) is 11.7. The van der Waals surface area contributed by atoms with Gasteiger partial charge >= 0.3 is 0 Å². The summed E-state index contributed by atoms with van der Waals surface area (Å²) in [7, 11) is 0. The maximum absolute atomic E-state index is 13.7. The Hall–Kier alpha value is -3.13. The summed E-state index contributed by atoms with van der Waals surface area (Å²) < 4.78 is 18.7. The van der Waals surface area contributed by atoms with E-state index in [0.29, 0.717) is 17.3 Å². The van der Waals surface area contributed by atoms with Crippen LogP contribution in [0.5, 0.6) is 0 Å². The lowest BCUT2D eigenvalue weighted by molar-refractivity contribution is -0.115. The molecule has 0 spiro atoms. The number of nitrogens with zero attached hydrogens (tertiary/aromatic N) is 1. The highest BCUT2D eigenvalue weighted by Gasteiger charge is 2.17. The SMILES string of the molecule is Cc1cc(NC(=O)C(C)Sc2cccc(NC(=O)c3ccccc3F)c2)no1. The molecule has 3 aromatic rings. The van der Waals surface area contributed by atoms with Crippen LogP contribution in [0.4, 0.5) is 15.9 Å². The minimum Gasteiger partial charge on any atom is -0.360 e. The van der Waals surface area contributed by atoms with Crippen molar-refractivity contribution in [1.82, 2.24) is 5.16 Å². The lowest BCUT2D eigenvalue weighted by Gasteiger charge is -2.12. The van der Waals surface area contributed by atoms with Gasteiger partial charge in [-0.25, -0.2) is 4.39 Å². The summed E-state index contributed by atoms with van der Waals surface area (Å²) in [6.45, 7) is 3.50. The fourth-order valence-corrected chi connectivity index (χ4v) is 3.33. The second-order valence-corrected chi connectivity index (χ2v) is 7.45. The molecule has 2 aromatic carbocycles. The van der Waals surface area contributed by atoms with Crippen molar-refractivity contribution in [2.45, 2.75) is 24.0 Å². The van der Waals surface area contributed by atoms with Gasteiger partial charge in [-0.2, -0.15) is 0 Å². The van der Waals surface area contributed by atoms with Gasteiger partial charge in [-0.3, -0.25) is 9.59 Å². The lowest BCUT2D eigenvalue weighted by atomic mass is 10.2. The number of benzene rings is 2. The lowest BCUT2D eigenvalue weighted by Crippen LogP contribution is -2.22. The molecule has 2 amide bonds. The molecule has 0 fully saturated rings. The van der Waals surface area contributed by atoms with Crippen LogP contribution in [0.25, 0.3) is 0 Å². The van der Waals surface area contributed by atoms with Gasteiger partial charge in [-0.05, 0) is 44.2 Å². The quantitative estimate of drug-likeness (QED) is 0.597. The molecule has 1 heterocycles. The van der Waals surface area contributed by atoms with Crippen LogP contribution < -0.4 is 10.6 Å². The Bertz CT molecular complexity index is 1010. The van der Waals surface area contributed by atoms with Crippen molar-refractivity contribution in [1.29, 1.82) is 0 Å². The summed E-state index contributed by atoms with van der Waals surface area (Å²) in [6.07, 6.45) is 0. The van der Waals surface area contributed by atoms with Gasteiger partial charge in [0.25, 0.3) is 5.91 Å². The molecular weight excluding hydrogens is 381 g/mol. The Labute approximate surface area is 165 Å². The van der Waals surface area contributed by atoms with E-state index in [0.717, 1.165) is 4.90 Å². The Kier molecular flexibility index (Phi) is 6.10. The Morgan fingerprint density at radius 1 is 1.11 bits per heavy atom. The summed E-state index contributed by atoms with van der Waals surface area (Å²) in [5.41, 5.74) is 0.481. The summed E-state index contributed by atoms with van der Waals surface area (Å²) in [5, 5.41) is 8.68. The zero-order valence-electron chi connectivity index (χ0n) is 15.2. The molecule has 1 aromatic heterocycles. The van der Waals surface area contributed by atoms with E-state index >= 15 is 0 Å². The molecule has 0 saturated heterocycles. The van der Waals surface area contributed by atoms with Crippen molar-refractivity contribution in [3.05, 3.63) is 71.7 Å². The average Bonchev–Trinajstić information content (AvgIpc) is 3.07. The molecule has 0 aliphatic rings. The molecular formula is C20H18FN3O3S. The van der Waals surface area contributed by atoms with Crippen LogP contribution >= 0.6 is 11.8 Å². The van der Waals surface area contributed by atoms with E-state index in [2.05, 4.69) is 15.8 Å². The molecule has 1 unspecified atom stereocenters. The highest BCUT2D eigenvalue weighted by molar-refractivity contribution is 8.00. The molecule has 0 radical (unpaired) electrons. The highest BCUT2D eigenvalue weighted by atomic mass is 32.2. The Morgan fingerprint density at radius 2 is 1.89 bits per heavy atom. The summed E-state index contributed by atoms with van der Waals surface area (Å²) in [4.78, 5) is 25.3. The van der Waals surface area contributed by atoms with E-state index in [4.69, 9.17) is 4.52 Å². The monoisotopic (exact) mass is 399 g/mol. The van der Waals surface area contributed by atoms with E-state index in [-0.39, 0.29) is 11.5 Å². The Balaban J connectivity index is 1.63. The van der Waals surface area contributed by atoms with Gasteiger partial charge in [0.2, 0.25) is 5.91 Å². The number of anilines is 2. The van der Waals surface area contributed by atoms with Crippen LogP contribution in [0.15, 0.2) is 64.0 Å². The number of hydrogen-bond donors (Lipinski definition) is 2. The molecule has 1 atom stereocenters. The largest absolute Gasteiger partial charge is 0.360 e. The fraction of sp³-hybridized carbons (Fsp3) is 0.150. The van der Waals surface area contributed by atoms with Gasteiger partial charge in [0.05, 0.1) is 10.8 Å². The summed E-state index contributed by atoms with van der Waals surface area (Å²) in [6, 6.07) is 14.4. The third kappa shape index (κ3) is 4.98. The van der Waals surface area contributed by atoms with Gasteiger partial charge in [0.15, 0.2) is 5.82 Å². The maximum Gasteiger partial charge on any atom is 0.258 e. The van der Waals surface area contributed by atoms with Crippen LogP contribution in [-0.4, -0.2) is 22.2 Å². The molecule has 6 nitrogen and oxygen atoms in total. The second kappa shape index (κ2) is 8.71. The van der Waals surface area contributed by atoms with Crippen LogP contribution in [0.3, 0.4) is 0 Å². The van der Waals surface area contributed by atoms with Gasteiger partial charge in [0, 0.05) is 16.6 Å². The van der Waals surface area contributed by atoms with Crippen molar-refractivity contribution in [2.24, 2.45) is 0 Å². The molecule has 2 N–H and O–H groups in total. The number of thioether (sulfide) groups is 1. The second-order valence-electron chi connectivity index (χ2n) is 6.03. The smallest absolute Gasteiger partial charge is 0.258 e. The number of hydrogen-bond acceptors (Lipinski definition) is 5. The number of halogens is 1. The van der Waals surface area contributed by atoms with Crippen molar-refractivity contribution in [2.75, 3.05) is 10.6 Å². The fourth-order valence-electron chi connectivity index (χ4n) is 2.40. The number of carbonyl (C=O) groups excluding carboxylic acids is 2. The van der Waals surface area contributed by atoms with Gasteiger partial charge in [-0.15, -0.1) is 11.8 Å². The summed E-state index contributed by atoms with van der Waals surface area (Å²) >= 11 is 1.32. The molecule has 3 rings (SSSR count). The number of amides is 2. The van der Waals surface area contributed by atoms with Gasteiger partial charge in [-0.1, -0.05) is 23.4 Å². The number of rotatable bonds is 6. The van der Waals surface area contributed by atoms with Crippen molar-refractivity contribution in [3.63, 3.8) is 0 Å². The summed E-state index contributed by atoms with van der Waals surface area (Å²) in [5.74, 6) is -0.375. The number of aryl methyl sites for hydroxylation is 1. The van der Waals surface area contributed by atoms with Crippen molar-refractivity contribution in [3.8, 4) is 0 Å². The molecule has 8 heteroatoms. The maximum atomic E-state index is 13.7. The first kappa shape index (κ1) is 19.6. The number of aromatic nitrogens is 1. The Morgan fingerprint density at radius 3 is 2.61 bits per heavy atom. The van der Waals surface area contributed by atoms with Gasteiger partial charge in [0.1, 0.15) is 11.6 Å². The predicted molar refractivity (Wildman–Crippen MR) is 106 cm³/mol. The predicted octanol–water partition coefficient (Wildman–Crippen LogP) is 4.49. The average molecular weight is 399 g/mol. The van der Waals surface area contributed by atoms with Crippen LogP contribution in [-0.2, 0) is 4.79 Å². The van der Waals surface area contributed by atoms with E-state index in [9.17, 15) is 14.0 Å². The molecule has 0 bridgehead atoms. The zero-order chi connectivity index (χ0) is 20.1. The first-order valence-corrected chi connectivity index (χ1v) is 9.37. The standard InChI is InChI=1S/C20H18FN3O3S/c1-12-10-18(24-27-12)23-19(25)13(2)28-15-7-5-6-14(11-15)22-20(26)16-8-3-4-9-17(16)21/h3-11,13H,1-2H3,(H,22,26)(H,23,24,25). The van der Waals surface area contributed by atoms with E-state index < -0.39 is 17.0 Å². The third-order valence-corrected chi connectivity index (χ3v) is 4.87. The molecule has 28 heavy (non-hydrogen) atoms. The topological polar surface area (TPSA) is 84.2 Å². The van der Waals surface area contributed by atoms with Gasteiger partial charge < -0.3 is 15.2 Å². The molecule has 0 aliphatic heterocycles. The van der Waals surface area contributed by atoms with Crippen molar-refractivity contribution >= 4 is 35.1 Å². The van der Waals surface area contributed by atoms with Crippen molar-refractivity contribution < 1.29 is 18.5 Å². The minimum atomic E-state index is -0.584. The zero-order valence-corrected chi connectivity index (χ0v) is 16.0. The van der Waals surface area contributed by atoms with Crippen LogP contribution in [0.1, 0.15) is 23.0 Å². The third-order valence-electron chi connectivity index (χ3n) is 3.77. The first-order chi connectivity index (χ1) is 13.4.